The largest absolute Gasteiger partial charge is 0.338 e. The second kappa shape index (κ2) is 4.79. The highest BCUT2D eigenvalue weighted by molar-refractivity contribution is 5.89. The number of carbonyl (C=O) groups is 1. The SMILES string of the molecule is CCCCC(=O)Nc1onc(C)c1C. The molecule has 0 saturated carbocycles. The van der Waals surface area contributed by atoms with Crippen molar-refractivity contribution in [3.8, 4) is 0 Å². The monoisotopic (exact) mass is 196 g/mol. The van der Waals surface area contributed by atoms with Crippen LogP contribution in [0.25, 0.3) is 0 Å². The van der Waals surface area contributed by atoms with Gasteiger partial charge in [0.25, 0.3) is 0 Å². The van der Waals surface area contributed by atoms with E-state index in [9.17, 15) is 4.79 Å². The smallest absolute Gasteiger partial charge is 0.234 e. The predicted molar refractivity (Wildman–Crippen MR) is 54.1 cm³/mol. The summed E-state index contributed by atoms with van der Waals surface area (Å²) in [5.74, 6) is 0.467. The van der Waals surface area contributed by atoms with Gasteiger partial charge in [0.15, 0.2) is 0 Å². The van der Waals surface area contributed by atoms with Crippen LogP contribution in [0.4, 0.5) is 5.88 Å². The minimum absolute atomic E-state index is 0.00824. The molecule has 0 spiro atoms. The molecule has 0 aliphatic rings. The molecule has 0 bridgehead atoms. The van der Waals surface area contributed by atoms with E-state index in [0.29, 0.717) is 12.3 Å². The molecular weight excluding hydrogens is 180 g/mol. The fraction of sp³-hybridized carbons (Fsp3) is 0.600. The fourth-order valence-corrected chi connectivity index (χ4v) is 1.06. The summed E-state index contributed by atoms with van der Waals surface area (Å²) in [4.78, 5) is 11.3. The summed E-state index contributed by atoms with van der Waals surface area (Å²) in [5.41, 5.74) is 1.71. The van der Waals surface area contributed by atoms with Crippen LogP contribution in [0.1, 0.15) is 37.4 Å². The number of nitrogens with zero attached hydrogens (tertiary/aromatic N) is 1. The molecule has 78 valence electrons. The third-order valence-corrected chi connectivity index (χ3v) is 2.17. The number of anilines is 1. The molecule has 0 aromatic carbocycles. The van der Waals surface area contributed by atoms with Gasteiger partial charge in [-0.25, -0.2) is 0 Å². The van der Waals surface area contributed by atoms with Crippen molar-refractivity contribution in [2.45, 2.75) is 40.0 Å². The number of unbranched alkanes of at least 4 members (excludes halogenated alkanes) is 1. The van der Waals surface area contributed by atoms with E-state index in [0.717, 1.165) is 24.1 Å². The van der Waals surface area contributed by atoms with Gasteiger partial charge in [-0.2, -0.15) is 0 Å². The molecule has 1 heterocycles. The van der Waals surface area contributed by atoms with Gasteiger partial charge in [-0.05, 0) is 20.3 Å². The molecule has 1 aromatic heterocycles. The van der Waals surface area contributed by atoms with Gasteiger partial charge in [0, 0.05) is 12.0 Å². The molecule has 0 fully saturated rings. The molecule has 0 saturated heterocycles. The molecule has 0 aliphatic heterocycles. The molecule has 0 unspecified atom stereocenters. The second-order valence-electron chi connectivity index (χ2n) is 3.37. The van der Waals surface area contributed by atoms with E-state index in [-0.39, 0.29) is 5.91 Å². The minimum Gasteiger partial charge on any atom is -0.338 e. The van der Waals surface area contributed by atoms with Gasteiger partial charge in [0.05, 0.1) is 5.69 Å². The number of aromatic nitrogens is 1. The van der Waals surface area contributed by atoms with Crippen molar-refractivity contribution in [1.82, 2.24) is 5.16 Å². The molecule has 4 heteroatoms. The summed E-state index contributed by atoms with van der Waals surface area (Å²) < 4.78 is 4.96. The van der Waals surface area contributed by atoms with Crippen molar-refractivity contribution in [3.63, 3.8) is 0 Å². The van der Waals surface area contributed by atoms with Crippen LogP contribution >= 0.6 is 0 Å². The molecule has 1 amide bonds. The number of hydrogen-bond donors (Lipinski definition) is 1. The normalized spacial score (nSPS) is 10.2. The zero-order valence-electron chi connectivity index (χ0n) is 8.89. The van der Waals surface area contributed by atoms with Gasteiger partial charge in [0.1, 0.15) is 0 Å². The van der Waals surface area contributed by atoms with Gasteiger partial charge in [-0.3, -0.25) is 10.1 Å². The molecule has 14 heavy (non-hydrogen) atoms. The van der Waals surface area contributed by atoms with Crippen LogP contribution in [0.3, 0.4) is 0 Å². The van der Waals surface area contributed by atoms with Gasteiger partial charge in [-0.15, -0.1) is 0 Å². The molecular formula is C10H16N2O2. The van der Waals surface area contributed by atoms with Crippen molar-refractivity contribution >= 4 is 11.8 Å². The quantitative estimate of drug-likeness (QED) is 0.804. The van der Waals surface area contributed by atoms with E-state index in [2.05, 4.69) is 17.4 Å². The summed E-state index contributed by atoms with van der Waals surface area (Å²) >= 11 is 0. The maximum Gasteiger partial charge on any atom is 0.234 e. The zero-order chi connectivity index (χ0) is 10.6. The first-order chi connectivity index (χ1) is 6.65. The van der Waals surface area contributed by atoms with E-state index >= 15 is 0 Å². The Labute approximate surface area is 83.7 Å². The van der Waals surface area contributed by atoms with E-state index < -0.39 is 0 Å². The van der Waals surface area contributed by atoms with Crippen molar-refractivity contribution in [2.24, 2.45) is 0 Å². The number of aryl methyl sites for hydroxylation is 1. The standard InChI is InChI=1S/C10H16N2O2/c1-4-5-6-9(13)11-10-7(2)8(3)12-14-10/h4-6H2,1-3H3,(H,11,13). The van der Waals surface area contributed by atoms with E-state index in [1.807, 2.05) is 13.8 Å². The number of hydrogen-bond acceptors (Lipinski definition) is 3. The van der Waals surface area contributed by atoms with Crippen LogP contribution in [0, 0.1) is 13.8 Å². The van der Waals surface area contributed by atoms with Crippen LogP contribution in [0.2, 0.25) is 0 Å². The van der Waals surface area contributed by atoms with Crippen molar-refractivity contribution in [3.05, 3.63) is 11.3 Å². The summed E-state index contributed by atoms with van der Waals surface area (Å²) in [6.45, 7) is 5.78. The maximum absolute atomic E-state index is 11.3. The van der Waals surface area contributed by atoms with Crippen LogP contribution in [0.5, 0.6) is 0 Å². The van der Waals surface area contributed by atoms with E-state index in [1.54, 1.807) is 0 Å². The minimum atomic E-state index is -0.00824. The lowest BCUT2D eigenvalue weighted by molar-refractivity contribution is -0.116. The first kappa shape index (κ1) is 10.8. The second-order valence-corrected chi connectivity index (χ2v) is 3.37. The summed E-state index contributed by atoms with van der Waals surface area (Å²) in [7, 11) is 0. The Hall–Kier alpha value is -1.32. The molecule has 1 aromatic rings. The Morgan fingerprint density at radius 2 is 2.21 bits per heavy atom. The fourth-order valence-electron chi connectivity index (χ4n) is 1.06. The average Bonchev–Trinajstić information content (AvgIpc) is 2.46. The number of rotatable bonds is 4. The first-order valence-electron chi connectivity index (χ1n) is 4.88. The highest BCUT2D eigenvalue weighted by atomic mass is 16.5. The third-order valence-electron chi connectivity index (χ3n) is 2.17. The van der Waals surface area contributed by atoms with Crippen LogP contribution < -0.4 is 5.32 Å². The average molecular weight is 196 g/mol. The van der Waals surface area contributed by atoms with Gasteiger partial charge >= 0.3 is 0 Å². The lowest BCUT2D eigenvalue weighted by atomic mass is 10.2. The van der Waals surface area contributed by atoms with Crippen molar-refractivity contribution in [1.29, 1.82) is 0 Å². The Bertz CT molecular complexity index is 318. The van der Waals surface area contributed by atoms with Crippen molar-refractivity contribution < 1.29 is 9.32 Å². The number of amides is 1. The molecule has 1 rings (SSSR count). The van der Waals surface area contributed by atoms with Crippen LogP contribution in [-0.4, -0.2) is 11.1 Å². The summed E-state index contributed by atoms with van der Waals surface area (Å²) in [6, 6.07) is 0. The third kappa shape index (κ3) is 2.58. The van der Waals surface area contributed by atoms with Gasteiger partial charge in [0.2, 0.25) is 11.8 Å². The topological polar surface area (TPSA) is 55.1 Å². The van der Waals surface area contributed by atoms with Gasteiger partial charge in [-0.1, -0.05) is 18.5 Å². The highest BCUT2D eigenvalue weighted by Gasteiger charge is 2.10. The highest BCUT2D eigenvalue weighted by Crippen LogP contribution is 2.17. The zero-order valence-corrected chi connectivity index (χ0v) is 8.89. The first-order valence-corrected chi connectivity index (χ1v) is 4.88. The maximum atomic E-state index is 11.3. The molecule has 0 atom stereocenters. The lowest BCUT2D eigenvalue weighted by Crippen LogP contribution is -2.11. The Kier molecular flexibility index (Phi) is 3.68. The van der Waals surface area contributed by atoms with Crippen LogP contribution in [-0.2, 0) is 4.79 Å². The van der Waals surface area contributed by atoms with E-state index in [4.69, 9.17) is 4.52 Å². The Morgan fingerprint density at radius 1 is 1.50 bits per heavy atom. The molecule has 1 N–H and O–H groups in total. The predicted octanol–water partition coefficient (Wildman–Crippen LogP) is 2.42. The van der Waals surface area contributed by atoms with Crippen molar-refractivity contribution in [2.75, 3.05) is 5.32 Å². The number of nitrogens with one attached hydrogen (secondary N) is 1. The Morgan fingerprint density at radius 3 is 2.71 bits per heavy atom. The molecule has 4 nitrogen and oxygen atoms in total. The number of carbonyl (C=O) groups excluding carboxylic acids is 1. The summed E-state index contributed by atoms with van der Waals surface area (Å²) in [5, 5.41) is 6.46. The Balaban J connectivity index is 2.52. The van der Waals surface area contributed by atoms with Gasteiger partial charge < -0.3 is 4.52 Å². The van der Waals surface area contributed by atoms with Crippen LogP contribution in [0.15, 0.2) is 4.52 Å². The van der Waals surface area contributed by atoms with E-state index in [1.165, 1.54) is 0 Å². The molecule has 0 aliphatic carbocycles. The lowest BCUT2D eigenvalue weighted by Gasteiger charge is -2.00. The summed E-state index contributed by atoms with van der Waals surface area (Å²) in [6.07, 6.45) is 2.45. The molecule has 0 radical (unpaired) electrons.